The van der Waals surface area contributed by atoms with Crippen LogP contribution < -0.4 is 4.83 Å². The minimum absolute atomic E-state index is 0.278. The smallest absolute Gasteiger partial charge is 0.200 e. The topological polar surface area (TPSA) is 58.5 Å². The monoisotopic (exact) mass is 276 g/mol. The summed E-state index contributed by atoms with van der Waals surface area (Å²) in [5.74, 6) is 2.77. The van der Waals surface area contributed by atoms with E-state index in [0.29, 0.717) is 11.8 Å². The van der Waals surface area contributed by atoms with E-state index < -0.39 is 10.0 Å². The minimum atomic E-state index is -3.51. The molecular weight excluding hydrogens is 260 g/mol. The molecule has 1 aromatic rings. The Hall–Kier alpha value is -1.36. The second-order valence-corrected chi connectivity index (χ2v) is 7.62. The molecule has 1 N–H and O–H groups in total. The first-order valence-corrected chi connectivity index (χ1v) is 8.20. The van der Waals surface area contributed by atoms with Gasteiger partial charge in [0.2, 0.25) is 0 Å². The Morgan fingerprint density at radius 3 is 2.26 bits per heavy atom. The summed E-state index contributed by atoms with van der Waals surface area (Å²) in [5.41, 5.74) is 2.15. The van der Waals surface area contributed by atoms with E-state index in [2.05, 4.69) is 9.93 Å². The number of aryl methyl sites for hydroxylation is 1. The van der Waals surface area contributed by atoms with Crippen molar-refractivity contribution in [2.75, 3.05) is 0 Å². The molecular formula is C14H16N2O2S. The molecule has 1 aromatic carbocycles. The van der Waals surface area contributed by atoms with E-state index in [9.17, 15) is 8.42 Å². The van der Waals surface area contributed by atoms with Gasteiger partial charge in [-0.3, -0.25) is 0 Å². The first kappa shape index (κ1) is 11.5. The second-order valence-electron chi connectivity index (χ2n) is 5.96. The van der Waals surface area contributed by atoms with Crippen molar-refractivity contribution in [1.82, 2.24) is 4.83 Å². The Kier molecular flexibility index (Phi) is 2.17. The number of hydrogen-bond donors (Lipinski definition) is 1. The first-order valence-electron chi connectivity index (χ1n) is 6.72. The number of benzene rings is 1. The van der Waals surface area contributed by atoms with Crippen LogP contribution in [0.1, 0.15) is 18.4 Å². The molecule has 100 valence electrons. The molecule has 3 aliphatic rings. The first-order chi connectivity index (χ1) is 9.06. The van der Waals surface area contributed by atoms with Crippen molar-refractivity contribution in [3.8, 4) is 0 Å². The van der Waals surface area contributed by atoms with Gasteiger partial charge in [0.15, 0.2) is 0 Å². The summed E-state index contributed by atoms with van der Waals surface area (Å²) in [5, 5.41) is 4.22. The molecule has 0 aromatic heterocycles. The number of nitrogens with zero attached hydrogens (tertiary/aromatic N) is 1. The summed E-state index contributed by atoms with van der Waals surface area (Å²) in [6.45, 7) is 1.93. The number of rotatable bonds is 3. The maximum absolute atomic E-state index is 12.1. The van der Waals surface area contributed by atoms with Gasteiger partial charge in [-0.1, -0.05) is 17.7 Å². The van der Waals surface area contributed by atoms with Crippen molar-refractivity contribution in [2.45, 2.75) is 24.7 Å². The summed E-state index contributed by atoms with van der Waals surface area (Å²) >= 11 is 0. The van der Waals surface area contributed by atoms with Crippen molar-refractivity contribution < 1.29 is 8.42 Å². The van der Waals surface area contributed by atoms with E-state index in [4.69, 9.17) is 0 Å². The molecule has 0 aliphatic heterocycles. The van der Waals surface area contributed by atoms with Gasteiger partial charge in [0.05, 0.1) is 4.90 Å². The lowest BCUT2D eigenvalue weighted by Gasteiger charge is -2.06. The van der Waals surface area contributed by atoms with Gasteiger partial charge < -0.3 is 0 Å². The Bertz CT molecular complexity index is 645. The van der Waals surface area contributed by atoms with Crippen LogP contribution >= 0.6 is 0 Å². The highest BCUT2D eigenvalue weighted by molar-refractivity contribution is 7.89. The quantitative estimate of drug-likeness (QED) is 0.857. The molecule has 3 fully saturated rings. The molecule has 0 spiro atoms. The lowest BCUT2D eigenvalue weighted by molar-refractivity contribution is 0.584. The largest absolute Gasteiger partial charge is 0.276 e. The van der Waals surface area contributed by atoms with Crippen molar-refractivity contribution >= 4 is 15.7 Å². The zero-order chi connectivity index (χ0) is 13.2. The van der Waals surface area contributed by atoms with E-state index in [0.717, 1.165) is 23.1 Å². The molecule has 19 heavy (non-hydrogen) atoms. The predicted molar refractivity (Wildman–Crippen MR) is 72.1 cm³/mol. The number of hydrazone groups is 1. The molecule has 4 unspecified atom stereocenters. The molecule has 4 nitrogen and oxygen atoms in total. The normalized spacial score (nSPS) is 34.5. The van der Waals surface area contributed by atoms with Gasteiger partial charge in [-0.2, -0.15) is 13.5 Å². The van der Waals surface area contributed by atoms with Gasteiger partial charge in [0.1, 0.15) is 0 Å². The van der Waals surface area contributed by atoms with Crippen molar-refractivity contribution in [1.29, 1.82) is 0 Å². The van der Waals surface area contributed by atoms with Crippen LogP contribution in [0.15, 0.2) is 34.3 Å². The fourth-order valence-electron chi connectivity index (χ4n) is 3.38. The third kappa shape index (κ3) is 1.79. The minimum Gasteiger partial charge on any atom is -0.200 e. The fraction of sp³-hybridized carbons (Fsp3) is 0.500. The number of nitrogens with one attached hydrogen (secondary N) is 1. The molecule has 3 aliphatic carbocycles. The molecule has 0 bridgehead atoms. The molecule has 0 amide bonds. The van der Waals surface area contributed by atoms with Crippen LogP contribution in [0, 0.1) is 30.6 Å². The lowest BCUT2D eigenvalue weighted by Crippen LogP contribution is -2.21. The molecule has 4 atom stereocenters. The third-order valence-electron chi connectivity index (χ3n) is 4.62. The van der Waals surface area contributed by atoms with Crippen LogP contribution in [0.2, 0.25) is 0 Å². The molecule has 0 heterocycles. The Morgan fingerprint density at radius 1 is 1.11 bits per heavy atom. The summed E-state index contributed by atoms with van der Waals surface area (Å²) < 4.78 is 24.2. The van der Waals surface area contributed by atoms with Gasteiger partial charge in [0, 0.05) is 17.5 Å². The molecule has 5 heteroatoms. The van der Waals surface area contributed by atoms with Crippen molar-refractivity contribution in [3.63, 3.8) is 0 Å². The zero-order valence-electron chi connectivity index (χ0n) is 10.7. The van der Waals surface area contributed by atoms with Crippen LogP contribution in [0.4, 0.5) is 0 Å². The van der Waals surface area contributed by atoms with Crippen LogP contribution in [0.25, 0.3) is 0 Å². The number of sulfonamides is 1. The molecule has 4 rings (SSSR count). The number of fused-ring (bicyclic) bond motifs is 3. The van der Waals surface area contributed by atoms with E-state index >= 15 is 0 Å². The van der Waals surface area contributed by atoms with Gasteiger partial charge in [-0.15, -0.1) is 0 Å². The van der Waals surface area contributed by atoms with E-state index in [1.54, 1.807) is 24.3 Å². The van der Waals surface area contributed by atoms with Gasteiger partial charge in [-0.25, -0.2) is 4.83 Å². The van der Waals surface area contributed by atoms with Crippen LogP contribution in [-0.2, 0) is 10.0 Å². The summed E-state index contributed by atoms with van der Waals surface area (Å²) in [7, 11) is -3.51. The summed E-state index contributed by atoms with van der Waals surface area (Å²) in [6, 6.07) is 6.83. The zero-order valence-corrected chi connectivity index (χ0v) is 11.5. The van der Waals surface area contributed by atoms with Gasteiger partial charge in [0.25, 0.3) is 10.0 Å². The summed E-state index contributed by atoms with van der Waals surface area (Å²) in [4.78, 5) is 2.69. The highest BCUT2D eigenvalue weighted by atomic mass is 32.2. The van der Waals surface area contributed by atoms with E-state index in [-0.39, 0.29) is 4.90 Å². The molecule has 0 radical (unpaired) electrons. The average Bonchev–Trinajstić information content (AvgIpc) is 3.24. The van der Waals surface area contributed by atoms with Crippen LogP contribution in [0.5, 0.6) is 0 Å². The third-order valence-corrected chi connectivity index (χ3v) is 5.84. The fourth-order valence-corrected chi connectivity index (χ4v) is 4.20. The predicted octanol–water partition coefficient (Wildman–Crippen LogP) is 1.92. The second kappa shape index (κ2) is 3.60. The lowest BCUT2D eigenvalue weighted by atomic mass is 10.2. The maximum atomic E-state index is 12.1. The van der Waals surface area contributed by atoms with Gasteiger partial charge >= 0.3 is 0 Å². The Labute approximate surface area is 113 Å². The van der Waals surface area contributed by atoms with Gasteiger partial charge in [-0.05, 0) is 43.7 Å². The Morgan fingerprint density at radius 2 is 1.68 bits per heavy atom. The molecule has 0 saturated heterocycles. The summed E-state index contributed by atoms with van der Waals surface area (Å²) in [6.07, 6.45) is 2.43. The average molecular weight is 276 g/mol. The van der Waals surface area contributed by atoms with E-state index in [1.807, 2.05) is 6.92 Å². The van der Waals surface area contributed by atoms with E-state index in [1.165, 1.54) is 12.8 Å². The van der Waals surface area contributed by atoms with Crippen molar-refractivity contribution in [3.05, 3.63) is 29.8 Å². The van der Waals surface area contributed by atoms with Crippen LogP contribution in [0.3, 0.4) is 0 Å². The van der Waals surface area contributed by atoms with Crippen LogP contribution in [-0.4, -0.2) is 14.1 Å². The van der Waals surface area contributed by atoms with Crippen molar-refractivity contribution in [2.24, 2.45) is 28.8 Å². The highest BCUT2D eigenvalue weighted by Crippen LogP contribution is 2.67. The highest BCUT2D eigenvalue weighted by Gasteiger charge is 2.65. The maximum Gasteiger partial charge on any atom is 0.276 e. The SMILES string of the molecule is Cc1ccc(S(=O)(=O)NN=C2C3CC3C3CC23)cc1. The number of hydrogen-bond acceptors (Lipinski definition) is 3. The standard InChI is InChI=1S/C14H16N2O2S/c1-8-2-4-9(5-3-8)19(17,18)16-15-14-12-6-10(12)11-7-13(11)14/h2-5,10-13,16H,6-7H2,1H3. The Balaban J connectivity index is 1.56. The molecule has 3 saturated carbocycles.